The van der Waals surface area contributed by atoms with Crippen molar-refractivity contribution >= 4 is 44.0 Å². The molecule has 1 aromatic heterocycles. The number of hydrogen-bond donors (Lipinski definition) is 1. The molecule has 1 unspecified atom stereocenters. The van der Waals surface area contributed by atoms with Gasteiger partial charge in [0.1, 0.15) is 0 Å². The van der Waals surface area contributed by atoms with E-state index in [1.165, 1.54) is 11.3 Å². The van der Waals surface area contributed by atoms with E-state index in [0.717, 1.165) is 19.6 Å². The summed E-state index contributed by atoms with van der Waals surface area (Å²) in [5, 5.41) is 12.6. The molecule has 1 heterocycles. The van der Waals surface area contributed by atoms with Crippen LogP contribution >= 0.6 is 38.9 Å². The molecule has 1 aromatic carbocycles. The van der Waals surface area contributed by atoms with Crippen molar-refractivity contribution in [2.24, 2.45) is 0 Å². The molecule has 6 heteroatoms. The molecule has 0 bridgehead atoms. The number of hydrogen-bond acceptors (Lipinski definition) is 4. The van der Waals surface area contributed by atoms with Crippen LogP contribution in [0, 0.1) is 0 Å². The number of nitrogens with one attached hydrogen (secondary N) is 1. The van der Waals surface area contributed by atoms with Crippen LogP contribution in [0.15, 0.2) is 28.2 Å². The predicted octanol–water partition coefficient (Wildman–Crippen LogP) is 4.13. The van der Waals surface area contributed by atoms with Crippen LogP contribution in [0.5, 0.6) is 0 Å². The Kier molecular flexibility index (Phi) is 3.78. The summed E-state index contributed by atoms with van der Waals surface area (Å²) in [6, 6.07) is 7.87. The van der Waals surface area contributed by atoms with Gasteiger partial charge in [-0.15, -0.1) is 10.2 Å². The van der Waals surface area contributed by atoms with E-state index >= 15 is 0 Å². The number of rotatable bonds is 3. The maximum atomic E-state index is 6.11. The molecule has 1 N–H and O–H groups in total. The Balaban J connectivity index is 2.14. The summed E-state index contributed by atoms with van der Waals surface area (Å²) in [4.78, 5) is 0. The van der Waals surface area contributed by atoms with Crippen molar-refractivity contribution in [3.05, 3.63) is 38.8 Å². The predicted molar refractivity (Wildman–Crippen MR) is 71.1 cm³/mol. The largest absolute Gasteiger partial charge is 0.353 e. The molecule has 3 nitrogen and oxygen atoms in total. The first-order chi connectivity index (χ1) is 7.66. The van der Waals surface area contributed by atoms with Gasteiger partial charge >= 0.3 is 0 Å². The standard InChI is InChI=1S/C10H9BrClN3S/c1-6(7-4-2-3-5-8(7)12)13-10-15-14-9(11)16-10/h2-6H,1H3,(H,13,15). The zero-order valence-electron chi connectivity index (χ0n) is 8.45. The molecule has 0 amide bonds. The molecule has 0 radical (unpaired) electrons. The lowest BCUT2D eigenvalue weighted by atomic mass is 10.1. The first-order valence-corrected chi connectivity index (χ1v) is 6.65. The van der Waals surface area contributed by atoms with Gasteiger partial charge in [-0.05, 0) is 34.5 Å². The summed E-state index contributed by atoms with van der Waals surface area (Å²) >= 11 is 10.8. The van der Waals surface area contributed by atoms with Crippen LogP contribution in [0.25, 0.3) is 0 Å². The van der Waals surface area contributed by atoms with Crippen molar-refractivity contribution in [3.63, 3.8) is 0 Å². The third kappa shape index (κ3) is 2.72. The lowest BCUT2D eigenvalue weighted by Crippen LogP contribution is -2.06. The smallest absolute Gasteiger partial charge is 0.206 e. The van der Waals surface area contributed by atoms with Gasteiger partial charge in [-0.3, -0.25) is 0 Å². The van der Waals surface area contributed by atoms with Gasteiger partial charge in [0.2, 0.25) is 5.13 Å². The average molecular weight is 319 g/mol. The van der Waals surface area contributed by atoms with Gasteiger partial charge in [0, 0.05) is 5.02 Å². The van der Waals surface area contributed by atoms with Crippen molar-refractivity contribution in [1.29, 1.82) is 0 Å². The van der Waals surface area contributed by atoms with Crippen LogP contribution < -0.4 is 5.32 Å². The van der Waals surface area contributed by atoms with Crippen molar-refractivity contribution in [1.82, 2.24) is 10.2 Å². The van der Waals surface area contributed by atoms with Gasteiger partial charge < -0.3 is 5.32 Å². The van der Waals surface area contributed by atoms with Gasteiger partial charge in [0.05, 0.1) is 6.04 Å². The van der Waals surface area contributed by atoms with Crippen molar-refractivity contribution in [3.8, 4) is 0 Å². The molecule has 1 atom stereocenters. The fourth-order valence-electron chi connectivity index (χ4n) is 1.35. The summed E-state index contributed by atoms with van der Waals surface area (Å²) in [7, 11) is 0. The van der Waals surface area contributed by atoms with Crippen LogP contribution in [0.1, 0.15) is 18.5 Å². The molecule has 0 fully saturated rings. The Labute approximate surface area is 111 Å². The molecule has 0 saturated carbocycles. The summed E-state index contributed by atoms with van der Waals surface area (Å²) in [5.41, 5.74) is 1.05. The van der Waals surface area contributed by atoms with E-state index < -0.39 is 0 Å². The zero-order chi connectivity index (χ0) is 11.5. The van der Waals surface area contributed by atoms with E-state index in [1.54, 1.807) is 0 Å². The molecule has 2 aromatic rings. The summed E-state index contributed by atoms with van der Waals surface area (Å²) in [6.07, 6.45) is 0. The zero-order valence-corrected chi connectivity index (χ0v) is 11.6. The number of aromatic nitrogens is 2. The quantitative estimate of drug-likeness (QED) is 0.924. The number of benzene rings is 1. The summed E-state index contributed by atoms with van der Waals surface area (Å²) in [5.74, 6) is 0. The van der Waals surface area contributed by atoms with E-state index in [9.17, 15) is 0 Å². The molecule has 0 aliphatic rings. The Bertz CT molecular complexity index is 488. The van der Waals surface area contributed by atoms with E-state index in [0.29, 0.717) is 0 Å². The second-order valence-corrected chi connectivity index (χ2v) is 5.91. The molecule has 0 aliphatic heterocycles. The molecule has 84 valence electrons. The van der Waals surface area contributed by atoms with Gasteiger partial charge in [0.15, 0.2) is 3.92 Å². The van der Waals surface area contributed by atoms with Crippen LogP contribution in [-0.4, -0.2) is 10.2 Å². The number of nitrogens with zero attached hydrogens (tertiary/aromatic N) is 2. The molecular weight excluding hydrogens is 310 g/mol. The third-order valence-electron chi connectivity index (χ3n) is 2.11. The fourth-order valence-corrected chi connectivity index (χ4v) is 2.75. The monoisotopic (exact) mass is 317 g/mol. The highest BCUT2D eigenvalue weighted by atomic mass is 79.9. The second-order valence-electron chi connectivity index (χ2n) is 3.25. The van der Waals surface area contributed by atoms with Crippen LogP contribution in [0.3, 0.4) is 0 Å². The molecule has 0 aliphatic carbocycles. The topological polar surface area (TPSA) is 37.8 Å². The average Bonchev–Trinajstić information content (AvgIpc) is 2.64. The van der Waals surface area contributed by atoms with Crippen molar-refractivity contribution < 1.29 is 0 Å². The Morgan fingerprint density at radius 2 is 2.12 bits per heavy atom. The second kappa shape index (κ2) is 5.12. The Morgan fingerprint density at radius 1 is 1.38 bits per heavy atom. The van der Waals surface area contributed by atoms with E-state index in [1.807, 2.05) is 31.2 Å². The molecule has 0 saturated heterocycles. The maximum Gasteiger partial charge on any atom is 0.206 e. The molecule has 2 rings (SSSR count). The van der Waals surface area contributed by atoms with Crippen LogP contribution in [0.4, 0.5) is 5.13 Å². The Morgan fingerprint density at radius 3 is 2.75 bits per heavy atom. The third-order valence-corrected chi connectivity index (χ3v) is 3.74. The van der Waals surface area contributed by atoms with E-state index in [-0.39, 0.29) is 6.04 Å². The highest BCUT2D eigenvalue weighted by Crippen LogP contribution is 2.28. The van der Waals surface area contributed by atoms with E-state index in [2.05, 4.69) is 31.4 Å². The number of halogens is 2. The minimum Gasteiger partial charge on any atom is -0.353 e. The van der Waals surface area contributed by atoms with Gasteiger partial charge in [-0.1, -0.05) is 41.1 Å². The van der Waals surface area contributed by atoms with Gasteiger partial charge in [-0.25, -0.2) is 0 Å². The molecule has 16 heavy (non-hydrogen) atoms. The summed E-state index contributed by atoms with van der Waals surface area (Å²) in [6.45, 7) is 2.04. The molecule has 0 spiro atoms. The van der Waals surface area contributed by atoms with Crippen LogP contribution in [0.2, 0.25) is 5.02 Å². The normalized spacial score (nSPS) is 12.4. The fraction of sp³-hybridized carbons (Fsp3) is 0.200. The SMILES string of the molecule is CC(Nc1nnc(Br)s1)c1ccccc1Cl. The first kappa shape index (κ1) is 11.8. The highest BCUT2D eigenvalue weighted by Gasteiger charge is 2.10. The minimum absolute atomic E-state index is 0.105. The highest BCUT2D eigenvalue weighted by molar-refractivity contribution is 9.11. The van der Waals surface area contributed by atoms with Gasteiger partial charge in [-0.2, -0.15) is 0 Å². The minimum atomic E-state index is 0.105. The summed E-state index contributed by atoms with van der Waals surface area (Å²) < 4.78 is 0.765. The van der Waals surface area contributed by atoms with Gasteiger partial charge in [0.25, 0.3) is 0 Å². The van der Waals surface area contributed by atoms with Crippen molar-refractivity contribution in [2.75, 3.05) is 5.32 Å². The van der Waals surface area contributed by atoms with Crippen LogP contribution in [-0.2, 0) is 0 Å². The van der Waals surface area contributed by atoms with Crippen molar-refractivity contribution in [2.45, 2.75) is 13.0 Å². The number of anilines is 1. The maximum absolute atomic E-state index is 6.11. The Hall–Kier alpha value is -0.650. The first-order valence-electron chi connectivity index (χ1n) is 4.67. The van der Waals surface area contributed by atoms with E-state index in [4.69, 9.17) is 11.6 Å². The lowest BCUT2D eigenvalue weighted by Gasteiger charge is -2.14. The lowest BCUT2D eigenvalue weighted by molar-refractivity contribution is 0.873. The molecular formula is C10H9BrClN3S.